The zero-order valence-corrected chi connectivity index (χ0v) is 25.6. The van der Waals surface area contributed by atoms with Crippen molar-refractivity contribution in [1.29, 1.82) is 0 Å². The average molecular weight is 547 g/mol. The lowest BCUT2D eigenvalue weighted by Gasteiger charge is -2.34. The third-order valence-electron chi connectivity index (χ3n) is 8.77. The van der Waals surface area contributed by atoms with Gasteiger partial charge in [0.15, 0.2) is 0 Å². The van der Waals surface area contributed by atoms with Crippen molar-refractivity contribution in [3.63, 3.8) is 0 Å². The molecule has 0 spiro atoms. The number of cyclic esters (lactones) is 1. The fourth-order valence-electron chi connectivity index (χ4n) is 5.82. The predicted molar refractivity (Wildman–Crippen MR) is 166 cm³/mol. The molecule has 0 aliphatic carbocycles. The summed E-state index contributed by atoms with van der Waals surface area (Å²) in [6, 6.07) is 13.2. The molecule has 1 aliphatic heterocycles. The number of esters is 1. The number of aliphatic hydroxyl groups is 1. The van der Waals surface area contributed by atoms with Gasteiger partial charge in [-0.1, -0.05) is 102 Å². The van der Waals surface area contributed by atoms with E-state index in [0.29, 0.717) is 12.2 Å². The summed E-state index contributed by atoms with van der Waals surface area (Å²) >= 11 is 0. The molecule has 2 aromatic carbocycles. The van der Waals surface area contributed by atoms with Crippen LogP contribution in [0.15, 0.2) is 54.3 Å². The lowest BCUT2D eigenvalue weighted by atomic mass is 9.70. The first-order chi connectivity index (χ1) is 19.2. The van der Waals surface area contributed by atoms with Gasteiger partial charge in [0.2, 0.25) is 0 Å². The SMILES string of the molecule is CCCCCCCC(O)(C=Cc1ccc(C(CC)(CC)c2ccc(OCC3=CCC(=O)O3)c(C)c2)cc1C)CC. The van der Waals surface area contributed by atoms with Crippen molar-refractivity contribution in [3.05, 3.63) is 82.1 Å². The third-order valence-corrected chi connectivity index (χ3v) is 8.77. The van der Waals surface area contributed by atoms with Crippen molar-refractivity contribution >= 4 is 12.0 Å². The Hall–Kier alpha value is -2.85. The minimum Gasteiger partial charge on any atom is -0.485 e. The van der Waals surface area contributed by atoms with Gasteiger partial charge < -0.3 is 14.6 Å². The lowest BCUT2D eigenvalue weighted by molar-refractivity contribution is -0.136. The van der Waals surface area contributed by atoms with Gasteiger partial charge in [-0.25, -0.2) is 0 Å². The number of unbranched alkanes of at least 4 members (excludes halogenated alkanes) is 4. The summed E-state index contributed by atoms with van der Waals surface area (Å²) in [6.45, 7) is 13.3. The largest absolute Gasteiger partial charge is 0.485 e. The van der Waals surface area contributed by atoms with Gasteiger partial charge >= 0.3 is 5.97 Å². The number of rotatable bonds is 16. The summed E-state index contributed by atoms with van der Waals surface area (Å²) in [5.41, 5.74) is 5.18. The van der Waals surface area contributed by atoms with Crippen LogP contribution in [0, 0.1) is 13.8 Å². The molecule has 0 saturated heterocycles. The molecule has 4 nitrogen and oxygen atoms in total. The van der Waals surface area contributed by atoms with Crippen LogP contribution < -0.4 is 4.74 Å². The van der Waals surface area contributed by atoms with Crippen molar-refractivity contribution in [2.24, 2.45) is 0 Å². The van der Waals surface area contributed by atoms with Gasteiger partial charge in [-0.05, 0) is 79.5 Å². The van der Waals surface area contributed by atoms with Crippen LogP contribution in [0.2, 0.25) is 0 Å². The zero-order valence-electron chi connectivity index (χ0n) is 25.6. The molecule has 1 N–H and O–H groups in total. The van der Waals surface area contributed by atoms with Crippen LogP contribution in [0.25, 0.3) is 6.08 Å². The van der Waals surface area contributed by atoms with Crippen LogP contribution >= 0.6 is 0 Å². The first kappa shape index (κ1) is 31.7. The van der Waals surface area contributed by atoms with Crippen LogP contribution in [-0.4, -0.2) is 23.3 Å². The molecule has 2 aromatic rings. The van der Waals surface area contributed by atoms with Crippen molar-refractivity contribution in [2.75, 3.05) is 6.61 Å². The molecule has 0 saturated carbocycles. The van der Waals surface area contributed by atoms with E-state index in [1.165, 1.54) is 42.4 Å². The monoisotopic (exact) mass is 546 g/mol. The minimum atomic E-state index is -0.745. The molecule has 3 rings (SSSR count). The molecule has 0 fully saturated rings. The summed E-state index contributed by atoms with van der Waals surface area (Å²) < 4.78 is 11.1. The van der Waals surface area contributed by atoms with E-state index < -0.39 is 5.60 Å². The fraction of sp³-hybridized carbons (Fsp3) is 0.528. The summed E-state index contributed by atoms with van der Waals surface area (Å²) in [5.74, 6) is 1.16. The Kier molecular flexibility index (Phi) is 11.6. The number of ether oxygens (including phenoxy) is 2. The first-order valence-electron chi connectivity index (χ1n) is 15.4. The maximum absolute atomic E-state index is 11.3. The van der Waals surface area contributed by atoms with Crippen molar-refractivity contribution in [1.82, 2.24) is 0 Å². The highest BCUT2D eigenvalue weighted by Gasteiger charge is 2.31. The van der Waals surface area contributed by atoms with Gasteiger partial charge in [-0.2, -0.15) is 0 Å². The first-order valence-corrected chi connectivity index (χ1v) is 15.4. The average Bonchev–Trinajstić information content (AvgIpc) is 3.38. The molecule has 4 heteroatoms. The normalized spacial score (nSPS) is 15.3. The quantitative estimate of drug-likeness (QED) is 0.168. The van der Waals surface area contributed by atoms with E-state index in [1.54, 1.807) is 6.08 Å². The number of hydrogen-bond acceptors (Lipinski definition) is 4. The molecule has 1 unspecified atom stereocenters. The van der Waals surface area contributed by atoms with Gasteiger partial charge in [0.25, 0.3) is 0 Å². The van der Waals surface area contributed by atoms with Crippen LogP contribution in [0.5, 0.6) is 5.75 Å². The Morgan fingerprint density at radius 1 is 0.900 bits per heavy atom. The van der Waals surface area contributed by atoms with E-state index in [4.69, 9.17) is 9.47 Å². The molecule has 40 heavy (non-hydrogen) atoms. The topological polar surface area (TPSA) is 55.8 Å². The number of benzene rings is 2. The molecule has 0 bridgehead atoms. The molecule has 1 atom stereocenters. The van der Waals surface area contributed by atoms with Gasteiger partial charge in [0.05, 0.1) is 12.0 Å². The van der Waals surface area contributed by atoms with Crippen LogP contribution in [0.1, 0.15) is 120 Å². The molecule has 1 aliphatic rings. The summed E-state index contributed by atoms with van der Waals surface area (Å²) in [5, 5.41) is 11.2. The second-order valence-corrected chi connectivity index (χ2v) is 11.4. The summed E-state index contributed by atoms with van der Waals surface area (Å²) in [6.07, 6.45) is 15.8. The van der Waals surface area contributed by atoms with Gasteiger partial charge in [0.1, 0.15) is 18.1 Å². The lowest BCUT2D eigenvalue weighted by Crippen LogP contribution is -2.26. The summed E-state index contributed by atoms with van der Waals surface area (Å²) in [7, 11) is 0. The van der Waals surface area contributed by atoms with Crippen molar-refractivity contribution < 1.29 is 19.4 Å². The van der Waals surface area contributed by atoms with Gasteiger partial charge in [-0.3, -0.25) is 4.79 Å². The summed E-state index contributed by atoms with van der Waals surface area (Å²) in [4.78, 5) is 11.3. The van der Waals surface area contributed by atoms with Crippen molar-refractivity contribution in [2.45, 2.75) is 117 Å². The second kappa shape index (κ2) is 14.7. The molecule has 218 valence electrons. The minimum absolute atomic E-state index is 0.109. The van der Waals surface area contributed by atoms with Gasteiger partial charge in [-0.15, -0.1) is 0 Å². The predicted octanol–water partition coefficient (Wildman–Crippen LogP) is 9.13. The van der Waals surface area contributed by atoms with E-state index >= 15 is 0 Å². The van der Waals surface area contributed by atoms with E-state index in [1.807, 2.05) is 12.1 Å². The van der Waals surface area contributed by atoms with Crippen LogP contribution in [0.3, 0.4) is 0 Å². The number of hydrogen-bond donors (Lipinski definition) is 1. The highest BCUT2D eigenvalue weighted by atomic mass is 16.6. The highest BCUT2D eigenvalue weighted by Crippen LogP contribution is 2.41. The third kappa shape index (κ3) is 7.87. The Morgan fingerprint density at radius 3 is 2.15 bits per heavy atom. The second-order valence-electron chi connectivity index (χ2n) is 11.4. The highest BCUT2D eigenvalue weighted by molar-refractivity contribution is 5.75. The fourth-order valence-corrected chi connectivity index (χ4v) is 5.82. The Balaban J connectivity index is 1.77. The Morgan fingerprint density at radius 2 is 1.57 bits per heavy atom. The molecular formula is C36H50O4. The number of aryl methyl sites for hydroxylation is 2. The Labute approximate surface area is 242 Å². The smallest absolute Gasteiger partial charge is 0.314 e. The maximum atomic E-state index is 11.3. The standard InChI is InChI=1S/C36H50O4/c1-7-11-12-13-14-22-35(38,8-2)23-21-29-15-16-30(24-27(29)5)36(9-3,10-4)31-17-19-33(28(6)25-31)39-26-32-18-20-34(37)40-32/h15-19,21,23-25,38H,7-14,20,22,26H2,1-6H3. The molecule has 0 radical (unpaired) electrons. The Bertz CT molecular complexity index is 1190. The number of carbonyl (C=O) groups is 1. The van der Waals surface area contributed by atoms with E-state index in [2.05, 4.69) is 78.0 Å². The van der Waals surface area contributed by atoms with E-state index in [-0.39, 0.29) is 18.0 Å². The molecular weight excluding hydrogens is 496 g/mol. The van der Waals surface area contributed by atoms with Crippen LogP contribution in [-0.2, 0) is 14.9 Å². The van der Waals surface area contributed by atoms with E-state index in [0.717, 1.165) is 49.0 Å². The molecule has 0 aromatic heterocycles. The van der Waals surface area contributed by atoms with Crippen LogP contribution in [0.4, 0.5) is 0 Å². The van der Waals surface area contributed by atoms with E-state index in [9.17, 15) is 9.90 Å². The van der Waals surface area contributed by atoms with Gasteiger partial charge in [0, 0.05) is 5.41 Å². The molecule has 1 heterocycles. The molecule has 0 amide bonds. The maximum Gasteiger partial charge on any atom is 0.314 e. The van der Waals surface area contributed by atoms with Crippen molar-refractivity contribution in [3.8, 4) is 5.75 Å². The zero-order chi connectivity index (χ0) is 29.2. The number of carbonyl (C=O) groups excluding carboxylic acids is 1.